The lowest BCUT2D eigenvalue weighted by atomic mass is 9.83. The number of nitrogens with one attached hydrogen (secondary N) is 2. The van der Waals surface area contributed by atoms with Crippen LogP contribution in [0.5, 0.6) is 0 Å². The minimum atomic E-state index is 0.0299. The first-order chi connectivity index (χ1) is 11.8. The number of hydrogen-bond acceptors (Lipinski definition) is 3. The maximum Gasteiger partial charge on any atom is 0.272 e. The third-order valence-corrected chi connectivity index (χ3v) is 6.27. The van der Waals surface area contributed by atoms with E-state index in [0.717, 1.165) is 19.4 Å². The summed E-state index contributed by atoms with van der Waals surface area (Å²) in [5, 5.41) is 10.7. The van der Waals surface area contributed by atoms with Crippen LogP contribution in [0.2, 0.25) is 0 Å². The van der Waals surface area contributed by atoms with Gasteiger partial charge < -0.3 is 10.2 Å². The van der Waals surface area contributed by atoms with Gasteiger partial charge in [-0.3, -0.25) is 9.89 Å². The number of amides is 1. The number of H-pyrrole nitrogens is 1. The van der Waals surface area contributed by atoms with Crippen LogP contribution in [0.3, 0.4) is 0 Å². The molecule has 0 aromatic carbocycles. The lowest BCUT2D eigenvalue weighted by molar-refractivity contribution is 0.0575. The molecule has 1 aromatic heterocycles. The number of piperidine rings is 2. The second-order valence-corrected chi connectivity index (χ2v) is 7.80. The Bertz CT molecular complexity index is 580. The van der Waals surface area contributed by atoms with Crippen LogP contribution in [0, 0.1) is 5.92 Å². The molecule has 1 aliphatic carbocycles. The summed E-state index contributed by atoms with van der Waals surface area (Å²) in [7, 11) is 0. The molecular formula is C19H30N4O. The molecule has 1 aromatic rings. The first kappa shape index (κ1) is 16.1. The van der Waals surface area contributed by atoms with E-state index >= 15 is 0 Å². The molecule has 132 valence electrons. The normalized spacial score (nSPS) is 27.8. The van der Waals surface area contributed by atoms with E-state index in [9.17, 15) is 4.79 Å². The molecule has 24 heavy (non-hydrogen) atoms. The molecule has 3 aliphatic rings. The van der Waals surface area contributed by atoms with E-state index in [0.29, 0.717) is 17.7 Å². The van der Waals surface area contributed by atoms with Crippen LogP contribution < -0.4 is 5.32 Å². The highest BCUT2D eigenvalue weighted by atomic mass is 16.1. The zero-order valence-corrected chi connectivity index (χ0v) is 14.6. The van der Waals surface area contributed by atoms with Crippen LogP contribution >= 0.6 is 0 Å². The number of aromatic amines is 1. The van der Waals surface area contributed by atoms with Gasteiger partial charge in [0.05, 0.1) is 0 Å². The van der Waals surface area contributed by atoms with Crippen molar-refractivity contribution in [2.45, 2.75) is 70.3 Å². The lowest BCUT2D eigenvalue weighted by Crippen LogP contribution is -2.51. The van der Waals surface area contributed by atoms with Crippen LogP contribution in [0.1, 0.15) is 73.1 Å². The topological polar surface area (TPSA) is 61.0 Å². The number of carbonyl (C=O) groups is 1. The van der Waals surface area contributed by atoms with Gasteiger partial charge in [0.25, 0.3) is 5.91 Å². The van der Waals surface area contributed by atoms with Crippen LogP contribution in [0.4, 0.5) is 0 Å². The molecule has 1 amide bonds. The summed E-state index contributed by atoms with van der Waals surface area (Å²) >= 11 is 0. The molecule has 4 rings (SSSR count). The molecular weight excluding hydrogens is 300 g/mol. The Morgan fingerprint density at radius 3 is 2.92 bits per heavy atom. The van der Waals surface area contributed by atoms with Crippen molar-refractivity contribution in [3.63, 3.8) is 0 Å². The molecule has 2 fully saturated rings. The van der Waals surface area contributed by atoms with Gasteiger partial charge in [0.1, 0.15) is 0 Å². The van der Waals surface area contributed by atoms with Crippen molar-refractivity contribution >= 4 is 5.91 Å². The van der Waals surface area contributed by atoms with Crippen LogP contribution in [-0.2, 0) is 12.8 Å². The molecule has 0 bridgehead atoms. The Morgan fingerprint density at radius 2 is 1.96 bits per heavy atom. The van der Waals surface area contributed by atoms with Crippen molar-refractivity contribution in [2.24, 2.45) is 5.92 Å². The fraction of sp³-hybridized carbons (Fsp3) is 0.789. The minimum absolute atomic E-state index is 0.0299. The number of nitrogens with zero attached hydrogens (tertiary/aromatic N) is 2. The number of carbonyl (C=O) groups excluding carboxylic acids is 1. The highest BCUT2D eigenvalue weighted by molar-refractivity contribution is 5.94. The Kier molecular flexibility index (Phi) is 4.88. The summed E-state index contributed by atoms with van der Waals surface area (Å²) in [4.78, 5) is 15.3. The molecule has 3 heterocycles. The predicted octanol–water partition coefficient (Wildman–Crippen LogP) is 2.67. The average Bonchev–Trinajstić information content (AvgIpc) is 2.88. The predicted molar refractivity (Wildman–Crippen MR) is 94.1 cm³/mol. The largest absolute Gasteiger partial charge is 0.350 e. The van der Waals surface area contributed by atoms with Crippen LogP contribution in [-0.4, -0.2) is 46.7 Å². The summed E-state index contributed by atoms with van der Waals surface area (Å²) in [5.74, 6) is 0.642. The fourth-order valence-corrected chi connectivity index (χ4v) is 4.97. The van der Waals surface area contributed by atoms with Crippen molar-refractivity contribution in [3.8, 4) is 0 Å². The molecule has 2 aliphatic heterocycles. The minimum Gasteiger partial charge on any atom is -0.350 e. The summed E-state index contributed by atoms with van der Waals surface area (Å²) < 4.78 is 0. The molecule has 0 unspecified atom stereocenters. The monoisotopic (exact) mass is 330 g/mol. The van der Waals surface area contributed by atoms with Crippen LogP contribution in [0.25, 0.3) is 0 Å². The zero-order valence-electron chi connectivity index (χ0n) is 14.6. The third-order valence-electron chi connectivity index (χ3n) is 6.27. The highest BCUT2D eigenvalue weighted by Gasteiger charge is 2.33. The van der Waals surface area contributed by atoms with Gasteiger partial charge in [-0.15, -0.1) is 0 Å². The fourth-order valence-electron chi connectivity index (χ4n) is 4.97. The Morgan fingerprint density at radius 1 is 1.08 bits per heavy atom. The third kappa shape index (κ3) is 3.23. The van der Waals surface area contributed by atoms with Gasteiger partial charge >= 0.3 is 0 Å². The van der Waals surface area contributed by atoms with E-state index in [2.05, 4.69) is 20.4 Å². The Labute approximate surface area is 144 Å². The van der Waals surface area contributed by atoms with Crippen molar-refractivity contribution in [2.75, 3.05) is 19.6 Å². The second kappa shape index (κ2) is 7.26. The molecule has 2 atom stereocenters. The van der Waals surface area contributed by atoms with Crippen molar-refractivity contribution < 1.29 is 4.79 Å². The van der Waals surface area contributed by atoms with E-state index in [-0.39, 0.29) is 5.91 Å². The maximum absolute atomic E-state index is 12.7. The number of fused-ring (bicyclic) bond motifs is 2. The van der Waals surface area contributed by atoms with E-state index in [1.54, 1.807) is 0 Å². The molecule has 0 spiro atoms. The van der Waals surface area contributed by atoms with E-state index < -0.39 is 0 Å². The Hall–Kier alpha value is -1.36. The van der Waals surface area contributed by atoms with Gasteiger partial charge in [-0.2, -0.15) is 5.10 Å². The average molecular weight is 330 g/mol. The van der Waals surface area contributed by atoms with E-state index in [1.165, 1.54) is 75.7 Å². The molecule has 5 heteroatoms. The second-order valence-electron chi connectivity index (χ2n) is 7.80. The van der Waals surface area contributed by atoms with Gasteiger partial charge in [-0.1, -0.05) is 12.8 Å². The summed E-state index contributed by atoms with van der Waals surface area (Å²) in [6.07, 6.45) is 12.2. The molecule has 5 nitrogen and oxygen atoms in total. The van der Waals surface area contributed by atoms with Gasteiger partial charge in [0.15, 0.2) is 5.69 Å². The van der Waals surface area contributed by atoms with Crippen molar-refractivity contribution in [1.29, 1.82) is 0 Å². The van der Waals surface area contributed by atoms with Crippen molar-refractivity contribution in [1.82, 2.24) is 20.4 Å². The molecule has 2 N–H and O–H groups in total. The van der Waals surface area contributed by atoms with E-state index in [4.69, 9.17) is 0 Å². The first-order valence-corrected chi connectivity index (χ1v) is 9.91. The van der Waals surface area contributed by atoms with Gasteiger partial charge in [0.2, 0.25) is 0 Å². The van der Waals surface area contributed by atoms with Gasteiger partial charge in [-0.25, -0.2) is 0 Å². The zero-order chi connectivity index (χ0) is 16.4. The summed E-state index contributed by atoms with van der Waals surface area (Å²) in [6.45, 7) is 3.31. The maximum atomic E-state index is 12.7. The number of aromatic nitrogens is 2. The number of aryl methyl sites for hydroxylation is 1. The Balaban J connectivity index is 1.39. The van der Waals surface area contributed by atoms with Gasteiger partial charge in [-0.05, 0) is 70.4 Å². The highest BCUT2D eigenvalue weighted by Crippen LogP contribution is 2.30. The number of hydrogen-bond donors (Lipinski definition) is 2. The quantitative estimate of drug-likeness (QED) is 0.838. The van der Waals surface area contributed by atoms with Gasteiger partial charge in [0, 0.05) is 23.8 Å². The lowest BCUT2D eigenvalue weighted by Gasteiger charge is -2.44. The summed E-state index contributed by atoms with van der Waals surface area (Å²) in [5.41, 5.74) is 3.02. The summed E-state index contributed by atoms with van der Waals surface area (Å²) in [6, 6.07) is 0.684. The molecule has 0 saturated carbocycles. The standard InChI is InChI=1S/C19H30N4O/c24-19(18-15-8-2-1-3-9-16(15)21-22-18)20-13-14-7-6-12-23-11-5-4-10-17(14)23/h14,17H,1-13H2,(H,20,24)(H,21,22)/t14-,17+/m0/s1. The molecule has 2 saturated heterocycles. The smallest absolute Gasteiger partial charge is 0.272 e. The molecule has 0 radical (unpaired) electrons. The first-order valence-electron chi connectivity index (χ1n) is 9.91. The van der Waals surface area contributed by atoms with Crippen molar-refractivity contribution in [3.05, 3.63) is 17.0 Å². The van der Waals surface area contributed by atoms with Crippen LogP contribution in [0.15, 0.2) is 0 Å². The number of rotatable bonds is 3. The SMILES string of the molecule is O=C(NC[C@@H]1CCCN2CCCC[C@H]12)c1n[nH]c2c1CCCCC2. The van der Waals surface area contributed by atoms with E-state index in [1.807, 2.05) is 0 Å².